The van der Waals surface area contributed by atoms with Gasteiger partial charge in [0.1, 0.15) is 22.7 Å². The van der Waals surface area contributed by atoms with Crippen molar-refractivity contribution in [2.45, 2.75) is 110 Å². The number of phenols is 1. The van der Waals surface area contributed by atoms with Crippen LogP contribution in [-0.4, -0.2) is 98.5 Å². The lowest BCUT2D eigenvalue weighted by Crippen LogP contribution is -2.60. The Kier molecular flexibility index (Phi) is 11.4. The predicted octanol–water partition coefficient (Wildman–Crippen LogP) is 4.50. The third-order valence-corrected chi connectivity index (χ3v) is 13.8. The summed E-state index contributed by atoms with van der Waals surface area (Å²) in [6.07, 6.45) is 5.50. The highest BCUT2D eigenvalue weighted by Gasteiger charge is 2.52. The standard InChI is InChI=1S/C47H55N3O13/c1-21-10-9-14-46(6)25(5)41(62-46)23(3)38(54)22(2)29(52)20-28(59-8)13-17-60-47(7)44(57)34-32-33(39(55)24(4)42(34)63-47)40(56)37(49-45(21)58)43-36(32)48-35-30(53)18-26(19-31(35)61-43)50-15-11-27(51)12-16-50/h9-10,13-14,17-19,22-23,25,27-29,38,41,51-52,54-55,57H,11-12,15-16,20H2,1-8H3,(H,49,58)/b14-9+,17-13+,21-10-/t22-,23-,25+,28-,29+,38-,41+,46-,47-/m0/s1. The Labute approximate surface area is 362 Å². The van der Waals surface area contributed by atoms with Crippen LogP contribution in [0.5, 0.6) is 11.5 Å². The first-order valence-electron chi connectivity index (χ1n) is 21.4. The second-order valence-corrected chi connectivity index (χ2v) is 17.9. The van der Waals surface area contributed by atoms with Crippen molar-refractivity contribution in [3.63, 3.8) is 0 Å². The lowest BCUT2D eigenvalue weighted by Gasteiger charge is -2.54. The summed E-state index contributed by atoms with van der Waals surface area (Å²) in [6, 6.07) is 3.02. The monoisotopic (exact) mass is 869 g/mol. The molecule has 0 radical (unpaired) electrons. The number of fused-ring (bicyclic) bond motifs is 1. The molecule has 16 heteroatoms. The molecule has 0 saturated carbocycles. The molecule has 0 spiro atoms. The number of hydrogen-bond acceptors (Lipinski definition) is 15. The molecule has 6 N–H and O–H groups in total. The number of allylic oxidation sites excluding steroid dienone is 2. The molecule has 0 unspecified atom stereocenters. The summed E-state index contributed by atoms with van der Waals surface area (Å²) in [5.41, 5.74) is -2.17. The van der Waals surface area contributed by atoms with Crippen LogP contribution in [0.2, 0.25) is 0 Å². The van der Waals surface area contributed by atoms with Crippen molar-refractivity contribution in [2.24, 2.45) is 17.8 Å². The van der Waals surface area contributed by atoms with Gasteiger partial charge in [-0.1, -0.05) is 39.0 Å². The fourth-order valence-corrected chi connectivity index (χ4v) is 9.31. The highest BCUT2D eigenvalue weighted by molar-refractivity contribution is 6.16. The molecule has 3 aromatic carbocycles. The van der Waals surface area contributed by atoms with Gasteiger partial charge >= 0.3 is 5.79 Å². The first-order valence-corrected chi connectivity index (χ1v) is 21.4. The summed E-state index contributed by atoms with van der Waals surface area (Å²) in [5.74, 6) is -4.65. The van der Waals surface area contributed by atoms with Gasteiger partial charge < -0.3 is 59.1 Å². The lowest BCUT2D eigenvalue weighted by molar-refractivity contribution is -0.250. The molecular formula is C47H55N3O13. The zero-order chi connectivity index (χ0) is 45.4. The normalized spacial score (nSPS) is 32.8. The van der Waals surface area contributed by atoms with Gasteiger partial charge in [-0.3, -0.25) is 14.4 Å². The van der Waals surface area contributed by atoms with E-state index in [1.54, 1.807) is 32.1 Å². The highest BCUT2D eigenvalue weighted by Crippen LogP contribution is 2.46. The SMILES string of the molecule is CO[C@H]1/C=C/O[C@@]2(C)Oc3c(C)c(O)c4c(=O)c(c5oc6cc(N7CCC(O)CC7)cc(=O)c6nc5c4c3=C2O)NC(=O)/C(C)=C\C=C\[C@]2(C)O[C@H]([C@@H](C)[C@@H](O)[C@@H](C)[C@H](O)C1)[C@H]2C. The van der Waals surface area contributed by atoms with E-state index in [2.05, 4.69) is 5.32 Å². The number of anilines is 2. The van der Waals surface area contributed by atoms with E-state index < -0.39 is 70.0 Å². The van der Waals surface area contributed by atoms with Crippen molar-refractivity contribution in [3.05, 3.63) is 79.5 Å². The van der Waals surface area contributed by atoms with Gasteiger partial charge in [-0.25, -0.2) is 4.98 Å². The van der Waals surface area contributed by atoms with Crippen LogP contribution < -0.4 is 31.0 Å². The minimum atomic E-state index is -1.94. The van der Waals surface area contributed by atoms with E-state index in [1.165, 1.54) is 39.4 Å². The van der Waals surface area contributed by atoms with Crippen molar-refractivity contribution >= 4 is 56.0 Å². The summed E-state index contributed by atoms with van der Waals surface area (Å²) in [7, 11) is 1.46. The quantitative estimate of drug-likeness (QED) is 0.120. The fourth-order valence-electron chi connectivity index (χ4n) is 9.31. The van der Waals surface area contributed by atoms with Gasteiger partial charge in [0.2, 0.25) is 10.9 Å². The average molecular weight is 870 g/mol. The third-order valence-electron chi connectivity index (χ3n) is 13.8. The molecular weight excluding hydrogens is 815 g/mol. The maximum Gasteiger partial charge on any atom is 0.307 e. The van der Waals surface area contributed by atoms with Crippen LogP contribution in [0.3, 0.4) is 0 Å². The molecule has 1 amide bonds. The summed E-state index contributed by atoms with van der Waals surface area (Å²) >= 11 is 0. The van der Waals surface area contributed by atoms with Crippen molar-refractivity contribution in [3.8, 4) is 11.5 Å². The van der Waals surface area contributed by atoms with E-state index in [-0.39, 0.29) is 85.1 Å². The predicted molar refractivity (Wildman–Crippen MR) is 236 cm³/mol. The Morgan fingerprint density at radius 1 is 0.968 bits per heavy atom. The Bertz CT molecular complexity index is 2790. The molecule has 11 rings (SSSR count). The zero-order valence-electron chi connectivity index (χ0n) is 36.6. The number of aromatic nitrogens is 1. The van der Waals surface area contributed by atoms with E-state index in [4.69, 9.17) is 28.3 Å². The molecule has 2 fully saturated rings. The lowest BCUT2D eigenvalue weighted by atomic mass is 9.71. The maximum atomic E-state index is 14.8. The number of methoxy groups -OCH3 is 1. The molecule has 7 aliphatic heterocycles. The van der Waals surface area contributed by atoms with E-state index in [9.17, 15) is 39.9 Å². The van der Waals surface area contributed by atoms with Crippen LogP contribution in [0, 0.1) is 24.7 Å². The molecule has 7 bridgehead atoms. The number of aromatic hydroxyl groups is 1. The van der Waals surface area contributed by atoms with Crippen LogP contribution in [0.4, 0.5) is 11.4 Å². The van der Waals surface area contributed by atoms with Gasteiger partial charge in [-0.15, -0.1) is 0 Å². The van der Waals surface area contributed by atoms with Gasteiger partial charge in [-0.2, -0.15) is 0 Å². The van der Waals surface area contributed by atoms with Gasteiger partial charge in [0.05, 0.1) is 53.0 Å². The van der Waals surface area contributed by atoms with Gasteiger partial charge in [-0.05, 0) is 39.7 Å². The average Bonchev–Trinajstić information content (AvgIpc) is 3.52. The van der Waals surface area contributed by atoms with Crippen LogP contribution in [0.25, 0.3) is 38.7 Å². The molecule has 9 atom stereocenters. The molecule has 336 valence electrons. The highest BCUT2D eigenvalue weighted by atomic mass is 16.7. The summed E-state index contributed by atoms with van der Waals surface area (Å²) in [4.78, 5) is 49.3. The topological polar surface area (TPSA) is 231 Å². The molecule has 16 nitrogen and oxygen atoms in total. The van der Waals surface area contributed by atoms with Crippen molar-refractivity contribution in [2.75, 3.05) is 30.4 Å². The molecule has 7 aliphatic rings. The number of phenolic OH excluding ortho intramolecular Hbond substituents is 1. The molecule has 8 heterocycles. The maximum absolute atomic E-state index is 14.8. The van der Waals surface area contributed by atoms with Gasteiger partial charge in [0, 0.05) is 85.6 Å². The van der Waals surface area contributed by atoms with Gasteiger partial charge in [0.15, 0.2) is 22.4 Å². The number of rotatable bonds is 2. The van der Waals surface area contributed by atoms with E-state index in [0.717, 1.165) is 0 Å². The van der Waals surface area contributed by atoms with Crippen LogP contribution in [0.15, 0.2) is 62.3 Å². The number of aliphatic hydroxyl groups is 4. The second kappa shape index (κ2) is 16.2. The number of carbonyl (C=O) groups is 1. The Balaban J connectivity index is 1.34. The number of piperidine rings is 1. The molecule has 0 aliphatic carbocycles. The van der Waals surface area contributed by atoms with E-state index >= 15 is 0 Å². The summed E-state index contributed by atoms with van der Waals surface area (Å²) < 4.78 is 30.7. The summed E-state index contributed by atoms with van der Waals surface area (Å²) in [5, 5.41) is 58.8. The Hall–Kier alpha value is -5.52. The minimum absolute atomic E-state index is 0.00970. The Morgan fingerprint density at radius 3 is 2.37 bits per heavy atom. The fraction of sp³-hybridized carbons (Fsp3) is 0.489. The number of carbonyl (C=O) groups excluding carboxylic acids is 1. The first-order chi connectivity index (χ1) is 29.8. The van der Waals surface area contributed by atoms with Crippen LogP contribution in [-0.2, 0) is 19.0 Å². The van der Waals surface area contributed by atoms with Crippen molar-refractivity contribution in [1.82, 2.24) is 4.98 Å². The number of aliphatic hydroxyl groups excluding tert-OH is 4. The smallest absolute Gasteiger partial charge is 0.307 e. The third kappa shape index (κ3) is 7.40. The number of ether oxygens (including phenoxy) is 4. The van der Waals surface area contributed by atoms with Crippen LogP contribution >= 0.6 is 0 Å². The Morgan fingerprint density at radius 2 is 1.68 bits per heavy atom. The van der Waals surface area contributed by atoms with Crippen molar-refractivity contribution in [1.29, 1.82) is 0 Å². The molecule has 2 saturated heterocycles. The molecule has 63 heavy (non-hydrogen) atoms. The second-order valence-electron chi connectivity index (χ2n) is 17.9. The van der Waals surface area contributed by atoms with Crippen LogP contribution in [0.1, 0.15) is 66.4 Å². The van der Waals surface area contributed by atoms with Crippen molar-refractivity contribution < 1.29 is 53.7 Å². The minimum Gasteiger partial charge on any atom is -0.507 e. The number of hydrogen-bond donors (Lipinski definition) is 6. The zero-order valence-corrected chi connectivity index (χ0v) is 36.6. The van der Waals surface area contributed by atoms with Gasteiger partial charge in [0.25, 0.3) is 5.91 Å². The largest absolute Gasteiger partial charge is 0.507 e. The molecule has 4 aromatic rings. The number of nitrogens with zero attached hydrogens (tertiary/aromatic N) is 2. The van der Waals surface area contributed by atoms with E-state index in [0.29, 0.717) is 31.6 Å². The van der Waals surface area contributed by atoms with E-state index in [1.807, 2.05) is 31.7 Å². The number of nitrogens with one attached hydrogen (secondary N) is 1. The number of benzene rings is 3. The molecule has 1 aromatic heterocycles. The summed E-state index contributed by atoms with van der Waals surface area (Å²) in [6.45, 7) is 13.0. The number of amides is 1. The first kappa shape index (κ1) is 44.1.